The Morgan fingerprint density at radius 2 is 1.75 bits per heavy atom. The highest BCUT2D eigenvalue weighted by Crippen LogP contribution is 2.28. The maximum absolute atomic E-state index is 5.35. The van der Waals surface area contributed by atoms with Gasteiger partial charge in [-0.1, -0.05) is 38.1 Å². The van der Waals surface area contributed by atoms with Gasteiger partial charge in [-0.05, 0) is 41.3 Å². The van der Waals surface area contributed by atoms with Gasteiger partial charge in [0.15, 0.2) is 11.5 Å². The molecule has 2 N–H and O–H groups in total. The van der Waals surface area contributed by atoms with E-state index < -0.39 is 0 Å². The first-order valence-corrected chi connectivity index (χ1v) is 9.24. The Morgan fingerprint density at radius 3 is 2.50 bits per heavy atom. The molecule has 0 bridgehead atoms. The molecule has 3 rings (SSSR count). The molecular formula is C22H26N4O2. The fourth-order valence-corrected chi connectivity index (χ4v) is 2.94. The van der Waals surface area contributed by atoms with Gasteiger partial charge >= 0.3 is 0 Å². The predicted octanol–water partition coefficient (Wildman–Crippen LogP) is 4.97. The predicted molar refractivity (Wildman–Crippen MR) is 113 cm³/mol. The van der Waals surface area contributed by atoms with Crippen LogP contribution in [0.5, 0.6) is 11.5 Å². The lowest BCUT2D eigenvalue weighted by atomic mass is 10.0. The third-order valence-electron chi connectivity index (χ3n) is 4.40. The summed E-state index contributed by atoms with van der Waals surface area (Å²) in [6.45, 7) is 4.93. The zero-order valence-corrected chi connectivity index (χ0v) is 16.7. The van der Waals surface area contributed by atoms with Gasteiger partial charge in [-0.15, -0.1) is 0 Å². The van der Waals surface area contributed by atoms with E-state index in [0.717, 1.165) is 17.1 Å². The normalized spacial score (nSPS) is 10.6. The average Bonchev–Trinajstić information content (AvgIpc) is 2.72. The van der Waals surface area contributed by atoms with Gasteiger partial charge in [-0.2, -0.15) is 4.98 Å². The van der Waals surface area contributed by atoms with Crippen LogP contribution in [-0.4, -0.2) is 24.2 Å². The van der Waals surface area contributed by atoms with Crippen molar-refractivity contribution in [1.82, 2.24) is 9.97 Å². The van der Waals surface area contributed by atoms with Crippen molar-refractivity contribution in [3.8, 4) is 11.5 Å². The smallest absolute Gasteiger partial charge is 0.224 e. The van der Waals surface area contributed by atoms with E-state index in [-0.39, 0.29) is 0 Å². The molecule has 0 radical (unpaired) electrons. The first-order chi connectivity index (χ1) is 13.6. The molecule has 0 saturated carbocycles. The highest BCUT2D eigenvalue weighted by molar-refractivity contribution is 5.61. The second-order valence-electron chi connectivity index (χ2n) is 6.68. The Bertz CT molecular complexity index is 928. The third-order valence-corrected chi connectivity index (χ3v) is 4.40. The van der Waals surface area contributed by atoms with Gasteiger partial charge in [0.2, 0.25) is 5.95 Å². The average molecular weight is 378 g/mol. The van der Waals surface area contributed by atoms with Crippen molar-refractivity contribution >= 4 is 17.5 Å². The maximum Gasteiger partial charge on any atom is 0.224 e. The van der Waals surface area contributed by atoms with Gasteiger partial charge in [0, 0.05) is 18.4 Å². The number of methoxy groups -OCH3 is 2. The lowest BCUT2D eigenvalue weighted by Gasteiger charge is -2.14. The summed E-state index contributed by atoms with van der Waals surface area (Å²) in [5, 5.41) is 6.65. The second-order valence-corrected chi connectivity index (χ2v) is 6.68. The van der Waals surface area contributed by atoms with Crippen LogP contribution in [0.2, 0.25) is 0 Å². The molecule has 2 aromatic carbocycles. The Balaban J connectivity index is 1.71. The van der Waals surface area contributed by atoms with E-state index in [9.17, 15) is 0 Å². The Labute approximate surface area is 166 Å². The minimum absolute atomic E-state index is 0.424. The lowest BCUT2D eigenvalue weighted by Crippen LogP contribution is -2.06. The fraction of sp³-hybridized carbons (Fsp3) is 0.273. The van der Waals surface area contributed by atoms with Crippen molar-refractivity contribution in [3.63, 3.8) is 0 Å². The standard InChI is InChI=1S/C22H26N4O2/c1-15(2)17-7-5-6-8-18(17)25-21-11-12-23-22(26-21)24-14-16-9-10-19(27-3)20(13-16)28-4/h5-13,15H,14H2,1-4H3,(H2,23,24,25,26). The van der Waals surface area contributed by atoms with Crippen LogP contribution in [0.25, 0.3) is 0 Å². The van der Waals surface area contributed by atoms with Crippen LogP contribution < -0.4 is 20.1 Å². The molecule has 0 aliphatic heterocycles. The van der Waals surface area contributed by atoms with E-state index >= 15 is 0 Å². The lowest BCUT2D eigenvalue weighted by molar-refractivity contribution is 0.354. The molecule has 0 aliphatic rings. The highest BCUT2D eigenvalue weighted by atomic mass is 16.5. The van der Waals surface area contributed by atoms with Crippen molar-refractivity contribution in [2.24, 2.45) is 0 Å². The molecule has 0 aliphatic carbocycles. The summed E-state index contributed by atoms with van der Waals surface area (Å²) in [6.07, 6.45) is 1.74. The quantitative estimate of drug-likeness (QED) is 0.577. The number of nitrogens with one attached hydrogen (secondary N) is 2. The molecule has 0 atom stereocenters. The first-order valence-electron chi connectivity index (χ1n) is 9.24. The summed E-state index contributed by atoms with van der Waals surface area (Å²) in [5.41, 5.74) is 3.35. The Kier molecular flexibility index (Phi) is 6.32. The summed E-state index contributed by atoms with van der Waals surface area (Å²) in [6, 6.07) is 15.9. The summed E-state index contributed by atoms with van der Waals surface area (Å²) in [5.74, 6) is 3.13. The van der Waals surface area contributed by atoms with Gasteiger partial charge in [-0.25, -0.2) is 4.98 Å². The van der Waals surface area contributed by atoms with Gasteiger partial charge in [-0.3, -0.25) is 0 Å². The largest absolute Gasteiger partial charge is 0.493 e. The van der Waals surface area contributed by atoms with Crippen LogP contribution in [0.1, 0.15) is 30.9 Å². The number of nitrogens with zero attached hydrogens (tertiary/aromatic N) is 2. The van der Waals surface area contributed by atoms with Crippen LogP contribution in [0.3, 0.4) is 0 Å². The summed E-state index contributed by atoms with van der Waals surface area (Å²) in [7, 11) is 3.25. The zero-order chi connectivity index (χ0) is 19.9. The molecular weight excluding hydrogens is 352 g/mol. The van der Waals surface area contributed by atoms with Crippen LogP contribution in [0.4, 0.5) is 17.5 Å². The van der Waals surface area contributed by atoms with Gasteiger partial charge in [0.25, 0.3) is 0 Å². The molecule has 6 nitrogen and oxygen atoms in total. The number of ether oxygens (including phenoxy) is 2. The first kappa shape index (κ1) is 19.5. The maximum atomic E-state index is 5.35. The Morgan fingerprint density at radius 1 is 0.964 bits per heavy atom. The monoisotopic (exact) mass is 378 g/mol. The third kappa shape index (κ3) is 4.71. The van der Waals surface area contributed by atoms with Crippen LogP contribution in [-0.2, 0) is 6.54 Å². The second kappa shape index (κ2) is 9.08. The summed E-state index contributed by atoms with van der Waals surface area (Å²) in [4.78, 5) is 8.88. The van der Waals surface area contributed by atoms with E-state index in [1.54, 1.807) is 20.4 Å². The van der Waals surface area contributed by atoms with Crippen molar-refractivity contribution in [2.45, 2.75) is 26.3 Å². The minimum Gasteiger partial charge on any atom is -0.493 e. The van der Waals surface area contributed by atoms with Crippen molar-refractivity contribution < 1.29 is 9.47 Å². The molecule has 0 fully saturated rings. The molecule has 0 unspecified atom stereocenters. The van der Waals surface area contributed by atoms with E-state index in [1.165, 1.54) is 5.56 Å². The molecule has 0 spiro atoms. The number of hydrogen-bond donors (Lipinski definition) is 2. The number of aromatic nitrogens is 2. The summed E-state index contributed by atoms with van der Waals surface area (Å²) >= 11 is 0. The molecule has 6 heteroatoms. The fourth-order valence-electron chi connectivity index (χ4n) is 2.94. The molecule has 1 heterocycles. The number of rotatable bonds is 8. The molecule has 0 saturated heterocycles. The SMILES string of the molecule is COc1ccc(CNc2nccc(Nc3ccccc3C(C)C)n2)cc1OC. The number of hydrogen-bond acceptors (Lipinski definition) is 6. The number of benzene rings is 2. The molecule has 1 aromatic heterocycles. The highest BCUT2D eigenvalue weighted by Gasteiger charge is 2.08. The Hall–Kier alpha value is -3.28. The number of anilines is 3. The summed E-state index contributed by atoms with van der Waals surface area (Å²) < 4.78 is 10.6. The van der Waals surface area contributed by atoms with Crippen LogP contribution in [0, 0.1) is 0 Å². The van der Waals surface area contributed by atoms with E-state index in [2.05, 4.69) is 52.6 Å². The van der Waals surface area contributed by atoms with Crippen molar-refractivity contribution in [2.75, 3.05) is 24.9 Å². The van der Waals surface area contributed by atoms with Crippen molar-refractivity contribution in [3.05, 3.63) is 65.9 Å². The minimum atomic E-state index is 0.424. The topological polar surface area (TPSA) is 68.3 Å². The van der Waals surface area contributed by atoms with Crippen LogP contribution in [0.15, 0.2) is 54.7 Å². The number of para-hydroxylation sites is 1. The molecule has 146 valence electrons. The van der Waals surface area contributed by atoms with Gasteiger partial charge in [0.1, 0.15) is 5.82 Å². The molecule has 3 aromatic rings. The van der Waals surface area contributed by atoms with E-state index in [4.69, 9.17) is 9.47 Å². The van der Waals surface area contributed by atoms with E-state index in [0.29, 0.717) is 29.9 Å². The zero-order valence-electron chi connectivity index (χ0n) is 16.7. The van der Waals surface area contributed by atoms with Crippen LogP contribution >= 0.6 is 0 Å². The van der Waals surface area contributed by atoms with Gasteiger partial charge < -0.3 is 20.1 Å². The molecule has 0 amide bonds. The van der Waals surface area contributed by atoms with Gasteiger partial charge in [0.05, 0.1) is 14.2 Å². The molecule has 28 heavy (non-hydrogen) atoms. The van der Waals surface area contributed by atoms with E-state index in [1.807, 2.05) is 30.3 Å². The van der Waals surface area contributed by atoms with Crippen molar-refractivity contribution in [1.29, 1.82) is 0 Å².